The molecule has 1 aliphatic rings. The SMILES string of the molecule is CC/C(=C\C1CCOCC1)CO. The Morgan fingerprint density at radius 3 is 2.67 bits per heavy atom. The molecule has 0 saturated carbocycles. The topological polar surface area (TPSA) is 29.5 Å². The second-order valence-corrected chi connectivity index (χ2v) is 3.29. The van der Waals surface area contributed by atoms with Gasteiger partial charge in [0.1, 0.15) is 0 Å². The summed E-state index contributed by atoms with van der Waals surface area (Å²) in [6.07, 6.45) is 5.42. The fraction of sp³-hybridized carbons (Fsp3) is 0.800. The lowest BCUT2D eigenvalue weighted by atomic mass is 9.97. The van der Waals surface area contributed by atoms with Crippen LogP contribution in [0.2, 0.25) is 0 Å². The zero-order valence-electron chi connectivity index (χ0n) is 7.75. The zero-order valence-corrected chi connectivity index (χ0v) is 7.75. The van der Waals surface area contributed by atoms with Crippen LogP contribution in [0.4, 0.5) is 0 Å². The first-order valence-corrected chi connectivity index (χ1v) is 4.75. The molecule has 0 radical (unpaired) electrons. The van der Waals surface area contributed by atoms with Gasteiger partial charge in [0.2, 0.25) is 0 Å². The number of hydrogen-bond donors (Lipinski definition) is 1. The minimum Gasteiger partial charge on any atom is -0.392 e. The Kier molecular flexibility index (Phi) is 4.33. The number of rotatable bonds is 3. The summed E-state index contributed by atoms with van der Waals surface area (Å²) in [5, 5.41) is 8.96. The first-order valence-electron chi connectivity index (χ1n) is 4.75. The highest BCUT2D eigenvalue weighted by molar-refractivity contribution is 5.04. The number of aliphatic hydroxyl groups is 1. The van der Waals surface area contributed by atoms with Crippen molar-refractivity contribution in [3.63, 3.8) is 0 Å². The van der Waals surface area contributed by atoms with Gasteiger partial charge in [-0.25, -0.2) is 0 Å². The molecule has 0 unspecified atom stereocenters. The molecule has 1 N–H and O–H groups in total. The fourth-order valence-corrected chi connectivity index (χ4v) is 1.50. The molecular formula is C10H18O2. The highest BCUT2D eigenvalue weighted by Crippen LogP contribution is 2.18. The standard InChI is InChI=1S/C10H18O2/c1-2-9(8-11)7-10-3-5-12-6-4-10/h7,10-11H,2-6,8H2,1H3/b9-7+. The van der Waals surface area contributed by atoms with E-state index in [-0.39, 0.29) is 6.61 Å². The first kappa shape index (κ1) is 9.75. The molecule has 2 heteroatoms. The molecule has 0 amide bonds. The molecule has 0 atom stereocenters. The summed E-state index contributed by atoms with van der Waals surface area (Å²) in [6.45, 7) is 4.06. The molecule has 12 heavy (non-hydrogen) atoms. The maximum atomic E-state index is 8.96. The molecule has 0 aromatic carbocycles. The third-order valence-corrected chi connectivity index (χ3v) is 2.39. The second-order valence-electron chi connectivity index (χ2n) is 3.29. The molecule has 1 rings (SSSR count). The van der Waals surface area contributed by atoms with Gasteiger partial charge in [-0.1, -0.05) is 13.0 Å². The molecule has 0 aliphatic carbocycles. The molecule has 0 aromatic heterocycles. The van der Waals surface area contributed by atoms with E-state index in [2.05, 4.69) is 13.0 Å². The van der Waals surface area contributed by atoms with E-state index in [9.17, 15) is 0 Å². The second kappa shape index (κ2) is 5.33. The van der Waals surface area contributed by atoms with Gasteiger partial charge in [-0.3, -0.25) is 0 Å². The van der Waals surface area contributed by atoms with Crippen LogP contribution in [0, 0.1) is 5.92 Å². The van der Waals surface area contributed by atoms with Crippen LogP contribution in [0.3, 0.4) is 0 Å². The molecule has 0 aromatic rings. The number of hydrogen-bond acceptors (Lipinski definition) is 2. The predicted molar refractivity (Wildman–Crippen MR) is 49.0 cm³/mol. The van der Waals surface area contributed by atoms with Crippen molar-refractivity contribution in [3.05, 3.63) is 11.6 Å². The van der Waals surface area contributed by atoms with Gasteiger partial charge in [0.25, 0.3) is 0 Å². The third kappa shape index (κ3) is 2.95. The summed E-state index contributed by atoms with van der Waals surface area (Å²) in [4.78, 5) is 0. The van der Waals surface area contributed by atoms with Crippen molar-refractivity contribution >= 4 is 0 Å². The van der Waals surface area contributed by atoms with E-state index in [1.165, 1.54) is 5.57 Å². The average Bonchev–Trinajstić information content (AvgIpc) is 2.16. The van der Waals surface area contributed by atoms with Crippen molar-refractivity contribution in [2.75, 3.05) is 19.8 Å². The molecule has 70 valence electrons. The van der Waals surface area contributed by atoms with Gasteiger partial charge in [0, 0.05) is 13.2 Å². The minimum absolute atomic E-state index is 0.216. The Hall–Kier alpha value is -0.340. The lowest BCUT2D eigenvalue weighted by Crippen LogP contribution is -2.14. The van der Waals surface area contributed by atoms with E-state index in [0.29, 0.717) is 5.92 Å². The smallest absolute Gasteiger partial charge is 0.0641 e. The minimum atomic E-state index is 0.216. The van der Waals surface area contributed by atoms with Crippen LogP contribution in [0.5, 0.6) is 0 Å². The summed E-state index contributed by atoms with van der Waals surface area (Å²) in [5.74, 6) is 0.640. The molecule has 0 spiro atoms. The highest BCUT2D eigenvalue weighted by Gasteiger charge is 2.11. The average molecular weight is 170 g/mol. The van der Waals surface area contributed by atoms with E-state index < -0.39 is 0 Å². The largest absolute Gasteiger partial charge is 0.392 e. The van der Waals surface area contributed by atoms with Crippen molar-refractivity contribution < 1.29 is 9.84 Å². The van der Waals surface area contributed by atoms with Gasteiger partial charge in [-0.2, -0.15) is 0 Å². The molecule has 1 aliphatic heterocycles. The Bertz CT molecular complexity index is 140. The number of ether oxygens (including phenoxy) is 1. The lowest BCUT2D eigenvalue weighted by molar-refractivity contribution is 0.0781. The van der Waals surface area contributed by atoms with Gasteiger partial charge >= 0.3 is 0 Å². The van der Waals surface area contributed by atoms with Crippen LogP contribution in [-0.2, 0) is 4.74 Å². The van der Waals surface area contributed by atoms with Crippen LogP contribution < -0.4 is 0 Å². The van der Waals surface area contributed by atoms with E-state index in [1.807, 2.05) is 0 Å². The molecule has 1 fully saturated rings. The summed E-state index contributed by atoms with van der Waals surface area (Å²) < 4.78 is 5.26. The summed E-state index contributed by atoms with van der Waals surface area (Å²) >= 11 is 0. The Morgan fingerprint density at radius 1 is 1.50 bits per heavy atom. The fourth-order valence-electron chi connectivity index (χ4n) is 1.50. The van der Waals surface area contributed by atoms with Gasteiger partial charge in [0.05, 0.1) is 6.61 Å². The van der Waals surface area contributed by atoms with Gasteiger partial charge in [-0.05, 0) is 30.8 Å². The Morgan fingerprint density at radius 2 is 2.17 bits per heavy atom. The predicted octanol–water partition coefficient (Wildman–Crippen LogP) is 1.74. The third-order valence-electron chi connectivity index (χ3n) is 2.39. The van der Waals surface area contributed by atoms with Crippen LogP contribution in [-0.4, -0.2) is 24.9 Å². The number of allylic oxidation sites excluding steroid dienone is 1. The van der Waals surface area contributed by atoms with Crippen molar-refractivity contribution in [2.45, 2.75) is 26.2 Å². The van der Waals surface area contributed by atoms with Crippen molar-refractivity contribution in [3.8, 4) is 0 Å². The summed E-state index contributed by atoms with van der Waals surface area (Å²) in [6, 6.07) is 0. The van der Waals surface area contributed by atoms with Crippen molar-refractivity contribution in [1.29, 1.82) is 0 Å². The molecule has 1 heterocycles. The normalized spacial score (nSPS) is 21.3. The molecule has 2 nitrogen and oxygen atoms in total. The van der Waals surface area contributed by atoms with Gasteiger partial charge < -0.3 is 9.84 Å². The monoisotopic (exact) mass is 170 g/mol. The van der Waals surface area contributed by atoms with Crippen LogP contribution in [0.15, 0.2) is 11.6 Å². The van der Waals surface area contributed by atoms with E-state index in [4.69, 9.17) is 9.84 Å². The van der Waals surface area contributed by atoms with Gasteiger partial charge in [-0.15, -0.1) is 0 Å². The van der Waals surface area contributed by atoms with Crippen molar-refractivity contribution in [1.82, 2.24) is 0 Å². The molecular weight excluding hydrogens is 152 g/mol. The van der Waals surface area contributed by atoms with Crippen LogP contribution in [0.25, 0.3) is 0 Å². The summed E-state index contributed by atoms with van der Waals surface area (Å²) in [5.41, 5.74) is 1.17. The molecule has 0 bridgehead atoms. The van der Waals surface area contributed by atoms with E-state index in [0.717, 1.165) is 32.5 Å². The Balaban J connectivity index is 2.39. The first-order chi connectivity index (χ1) is 5.86. The summed E-state index contributed by atoms with van der Waals surface area (Å²) in [7, 11) is 0. The molecule has 1 saturated heterocycles. The quantitative estimate of drug-likeness (QED) is 0.654. The zero-order chi connectivity index (χ0) is 8.81. The highest BCUT2D eigenvalue weighted by atomic mass is 16.5. The maximum absolute atomic E-state index is 8.96. The maximum Gasteiger partial charge on any atom is 0.0641 e. The lowest BCUT2D eigenvalue weighted by Gasteiger charge is -2.19. The van der Waals surface area contributed by atoms with E-state index in [1.54, 1.807) is 0 Å². The van der Waals surface area contributed by atoms with Crippen LogP contribution >= 0.6 is 0 Å². The van der Waals surface area contributed by atoms with E-state index >= 15 is 0 Å². The van der Waals surface area contributed by atoms with Crippen molar-refractivity contribution in [2.24, 2.45) is 5.92 Å². The number of aliphatic hydroxyl groups excluding tert-OH is 1. The Labute approximate surface area is 74.2 Å². The van der Waals surface area contributed by atoms with Gasteiger partial charge in [0.15, 0.2) is 0 Å². The van der Waals surface area contributed by atoms with Crippen LogP contribution in [0.1, 0.15) is 26.2 Å².